The van der Waals surface area contributed by atoms with Crippen LogP contribution in [0, 0.1) is 5.92 Å². The van der Waals surface area contributed by atoms with E-state index in [9.17, 15) is 20.1 Å². The van der Waals surface area contributed by atoms with E-state index in [0.717, 1.165) is 12.0 Å². The number of rotatable bonds is 7. The number of hydrogen-bond acceptors (Lipinski definition) is 6. The second-order valence-corrected chi connectivity index (χ2v) is 8.52. The lowest BCUT2D eigenvalue weighted by Crippen LogP contribution is -2.23. The van der Waals surface area contributed by atoms with E-state index in [1.807, 2.05) is 20.8 Å². The summed E-state index contributed by atoms with van der Waals surface area (Å²) >= 11 is 0. The third kappa shape index (κ3) is 4.74. The molecule has 0 aliphatic carbocycles. The zero-order valence-corrected chi connectivity index (χ0v) is 18.9. The molecule has 1 aliphatic heterocycles. The molecule has 2 aromatic carbocycles. The van der Waals surface area contributed by atoms with E-state index in [2.05, 4.69) is 12.7 Å². The number of benzene rings is 2. The molecule has 0 unspecified atom stereocenters. The Balaban J connectivity index is 2.09. The lowest BCUT2D eigenvalue weighted by Gasteiger charge is -2.30. The van der Waals surface area contributed by atoms with Crippen molar-refractivity contribution in [2.45, 2.75) is 46.1 Å². The van der Waals surface area contributed by atoms with Gasteiger partial charge in [-0.25, -0.2) is 0 Å². The molecule has 0 bridgehead atoms. The van der Waals surface area contributed by atoms with Crippen LogP contribution in [0.2, 0.25) is 0 Å². The van der Waals surface area contributed by atoms with Crippen molar-refractivity contribution in [1.29, 1.82) is 0 Å². The number of ether oxygens (including phenoxy) is 2. The average molecular weight is 439 g/mol. The Morgan fingerprint density at radius 1 is 1.22 bits per heavy atom. The summed E-state index contributed by atoms with van der Waals surface area (Å²) in [5.41, 5.74) is 3.33. The molecule has 0 saturated heterocycles. The van der Waals surface area contributed by atoms with Gasteiger partial charge >= 0.3 is 0 Å². The third-order valence-electron chi connectivity index (χ3n) is 5.77. The van der Waals surface area contributed by atoms with Crippen LogP contribution in [0.3, 0.4) is 0 Å². The van der Waals surface area contributed by atoms with Crippen LogP contribution in [0.1, 0.15) is 61.2 Å². The minimum Gasteiger partial charge on any atom is -0.508 e. The number of phenols is 3. The van der Waals surface area contributed by atoms with Gasteiger partial charge in [-0.2, -0.15) is 0 Å². The number of methoxy groups -OCH3 is 1. The van der Waals surface area contributed by atoms with Gasteiger partial charge < -0.3 is 24.8 Å². The zero-order valence-electron chi connectivity index (χ0n) is 18.9. The van der Waals surface area contributed by atoms with Crippen LogP contribution >= 0.6 is 0 Å². The number of carbonyl (C=O) groups excluding carboxylic acids is 1. The first-order valence-corrected chi connectivity index (χ1v) is 10.6. The molecule has 0 aromatic heterocycles. The van der Waals surface area contributed by atoms with Crippen molar-refractivity contribution in [2.75, 3.05) is 7.11 Å². The minimum atomic E-state index is -0.762. The standard InChI is InChI=1S/C26H30O6/c1-14(2)6-7-16(15(3)4)10-19-21(29)12-24(31-5)25-22(30)13-23(32-26(19)25)18-9-8-17(27)11-20(18)28/h6,8-9,11-12,16,23,27-29H,3,7,10,13H2,1-2,4-5H3/t16-,23-/m0/s1. The van der Waals surface area contributed by atoms with Gasteiger partial charge in [-0.05, 0) is 51.7 Å². The highest BCUT2D eigenvalue weighted by atomic mass is 16.5. The SMILES string of the molecule is C=C(C)[C@@H](CC=C(C)C)Cc1c(O)cc(OC)c2c1O[C@H](c1ccc(O)cc1O)CC2=O. The molecule has 3 rings (SSSR count). The quantitative estimate of drug-likeness (QED) is 0.486. The molecule has 170 valence electrons. The van der Waals surface area contributed by atoms with Gasteiger partial charge in [0.1, 0.15) is 40.4 Å². The maximum Gasteiger partial charge on any atom is 0.174 e. The maximum atomic E-state index is 13.1. The Morgan fingerprint density at radius 3 is 2.53 bits per heavy atom. The molecule has 0 spiro atoms. The number of Topliss-reactive ketones (excluding diaryl/α,β-unsaturated/α-hetero) is 1. The molecule has 6 heteroatoms. The molecule has 0 amide bonds. The summed E-state index contributed by atoms with van der Waals surface area (Å²) in [6.45, 7) is 10.1. The number of ketones is 1. The first-order valence-electron chi connectivity index (χ1n) is 10.6. The van der Waals surface area contributed by atoms with Crippen molar-refractivity contribution in [3.8, 4) is 28.7 Å². The van der Waals surface area contributed by atoms with E-state index in [1.54, 1.807) is 0 Å². The van der Waals surface area contributed by atoms with Crippen molar-refractivity contribution >= 4 is 5.78 Å². The van der Waals surface area contributed by atoms with Crippen LogP contribution in [-0.4, -0.2) is 28.2 Å². The van der Waals surface area contributed by atoms with Crippen LogP contribution in [-0.2, 0) is 6.42 Å². The van der Waals surface area contributed by atoms with E-state index < -0.39 is 6.10 Å². The van der Waals surface area contributed by atoms with Crippen molar-refractivity contribution in [3.05, 3.63) is 64.8 Å². The van der Waals surface area contributed by atoms with Crippen molar-refractivity contribution in [3.63, 3.8) is 0 Å². The van der Waals surface area contributed by atoms with E-state index in [0.29, 0.717) is 17.5 Å². The lowest BCUT2D eigenvalue weighted by molar-refractivity contribution is 0.0838. The summed E-state index contributed by atoms with van der Waals surface area (Å²) in [4.78, 5) is 13.1. The molecule has 2 atom stereocenters. The van der Waals surface area contributed by atoms with Crippen molar-refractivity contribution in [1.82, 2.24) is 0 Å². The van der Waals surface area contributed by atoms with Crippen LogP contribution in [0.15, 0.2) is 48.1 Å². The number of hydrogen-bond donors (Lipinski definition) is 3. The second-order valence-electron chi connectivity index (χ2n) is 8.52. The Hall–Kier alpha value is -3.41. The largest absolute Gasteiger partial charge is 0.508 e. The minimum absolute atomic E-state index is 0.00636. The topological polar surface area (TPSA) is 96.2 Å². The summed E-state index contributed by atoms with van der Waals surface area (Å²) < 4.78 is 11.6. The van der Waals surface area contributed by atoms with Crippen molar-refractivity contribution in [2.24, 2.45) is 5.92 Å². The van der Waals surface area contributed by atoms with Gasteiger partial charge in [-0.3, -0.25) is 4.79 Å². The molecule has 6 nitrogen and oxygen atoms in total. The predicted octanol–water partition coefficient (Wildman–Crippen LogP) is 5.61. The summed E-state index contributed by atoms with van der Waals surface area (Å²) in [5.74, 6) is 0.0651. The number of carbonyl (C=O) groups is 1. The summed E-state index contributed by atoms with van der Waals surface area (Å²) in [6, 6.07) is 5.61. The molecule has 0 saturated carbocycles. The number of fused-ring (bicyclic) bond motifs is 1. The van der Waals surface area contributed by atoms with Gasteiger partial charge in [0.05, 0.1) is 13.5 Å². The van der Waals surface area contributed by atoms with E-state index in [4.69, 9.17) is 9.47 Å². The fraction of sp³-hybridized carbons (Fsp3) is 0.346. The molecular formula is C26H30O6. The smallest absolute Gasteiger partial charge is 0.174 e. The fourth-order valence-corrected chi connectivity index (χ4v) is 3.93. The van der Waals surface area contributed by atoms with E-state index in [-0.39, 0.29) is 52.4 Å². The molecular weight excluding hydrogens is 408 g/mol. The number of aromatic hydroxyl groups is 3. The lowest BCUT2D eigenvalue weighted by atomic mass is 9.86. The summed E-state index contributed by atoms with van der Waals surface area (Å²) in [6.07, 6.45) is 2.53. The van der Waals surface area contributed by atoms with Crippen LogP contribution in [0.4, 0.5) is 0 Å². The molecule has 0 radical (unpaired) electrons. The zero-order chi connectivity index (χ0) is 23.6. The molecule has 1 aliphatic rings. The van der Waals surface area contributed by atoms with Crippen LogP contribution in [0.25, 0.3) is 0 Å². The Kier molecular flexibility index (Phi) is 6.82. The molecule has 0 fully saturated rings. The summed E-state index contributed by atoms with van der Waals surface area (Å²) in [7, 11) is 1.44. The van der Waals surface area contributed by atoms with Gasteiger partial charge in [0.2, 0.25) is 0 Å². The molecule has 1 heterocycles. The Labute approximate surface area is 188 Å². The number of allylic oxidation sites excluding steroid dienone is 3. The molecule has 2 aromatic rings. The molecule has 32 heavy (non-hydrogen) atoms. The Morgan fingerprint density at radius 2 is 1.94 bits per heavy atom. The predicted molar refractivity (Wildman–Crippen MR) is 123 cm³/mol. The van der Waals surface area contributed by atoms with E-state index in [1.165, 1.54) is 36.9 Å². The van der Waals surface area contributed by atoms with Gasteiger partial charge in [0.25, 0.3) is 0 Å². The highest BCUT2D eigenvalue weighted by molar-refractivity contribution is 6.03. The van der Waals surface area contributed by atoms with Crippen LogP contribution < -0.4 is 9.47 Å². The first kappa shape index (κ1) is 23.3. The Bertz CT molecular complexity index is 1080. The van der Waals surface area contributed by atoms with Gasteiger partial charge in [0.15, 0.2) is 5.78 Å². The molecule has 3 N–H and O–H groups in total. The second kappa shape index (κ2) is 9.39. The maximum absolute atomic E-state index is 13.1. The van der Waals surface area contributed by atoms with Gasteiger partial charge in [-0.1, -0.05) is 23.8 Å². The van der Waals surface area contributed by atoms with Gasteiger partial charge in [0, 0.05) is 23.3 Å². The summed E-state index contributed by atoms with van der Waals surface area (Å²) in [5, 5.41) is 30.7. The van der Waals surface area contributed by atoms with Gasteiger partial charge in [-0.15, -0.1) is 0 Å². The first-order chi connectivity index (χ1) is 15.1. The average Bonchev–Trinajstić information content (AvgIpc) is 2.71. The fourth-order valence-electron chi connectivity index (χ4n) is 3.93. The highest BCUT2D eigenvalue weighted by Gasteiger charge is 2.35. The normalized spacial score (nSPS) is 16.0. The monoisotopic (exact) mass is 438 g/mol. The third-order valence-corrected chi connectivity index (χ3v) is 5.77. The van der Waals surface area contributed by atoms with Crippen LogP contribution in [0.5, 0.6) is 28.7 Å². The number of phenolic OH excluding ortho intramolecular Hbond substituents is 3. The van der Waals surface area contributed by atoms with E-state index >= 15 is 0 Å². The highest BCUT2D eigenvalue weighted by Crippen LogP contribution is 2.48. The van der Waals surface area contributed by atoms with Crippen molar-refractivity contribution < 1.29 is 29.6 Å².